The molecule has 0 fully saturated rings. The zero-order valence-electron chi connectivity index (χ0n) is 24.2. The molecule has 0 aliphatic rings. The van der Waals surface area contributed by atoms with Gasteiger partial charge >= 0.3 is 0 Å². The molecule has 0 saturated carbocycles. The molecule has 0 spiro atoms. The summed E-state index contributed by atoms with van der Waals surface area (Å²) in [7, 11) is 0. The predicted octanol–water partition coefficient (Wildman–Crippen LogP) is 10.0. The zero-order valence-corrected chi connectivity index (χ0v) is 25.0. The molecule has 0 bridgehead atoms. The highest BCUT2D eigenvalue weighted by Crippen LogP contribution is 2.30. The van der Waals surface area contributed by atoms with Crippen LogP contribution in [0, 0.1) is 18.3 Å². The van der Waals surface area contributed by atoms with Crippen molar-refractivity contribution in [3.63, 3.8) is 0 Å². The van der Waals surface area contributed by atoms with Gasteiger partial charge in [-0.15, -0.1) is 18.0 Å². The highest BCUT2D eigenvalue weighted by atomic mass is 35.5. The first-order valence-electron chi connectivity index (χ1n) is 13.8. The third kappa shape index (κ3) is 12.9. The first-order chi connectivity index (χ1) is 17.7. The van der Waals surface area contributed by atoms with Gasteiger partial charge in [0.1, 0.15) is 0 Å². The lowest BCUT2D eigenvalue weighted by molar-refractivity contribution is 0.666. The van der Waals surface area contributed by atoms with Crippen molar-refractivity contribution >= 4 is 22.9 Å². The Morgan fingerprint density at radius 2 is 1.76 bits per heavy atom. The van der Waals surface area contributed by atoms with Crippen molar-refractivity contribution in [2.75, 3.05) is 5.32 Å². The molecule has 2 nitrogen and oxygen atoms in total. The Labute approximate surface area is 233 Å². The molecule has 3 atom stereocenters. The molecule has 2 N–H and O–H groups in total. The van der Waals surface area contributed by atoms with Gasteiger partial charge in [-0.25, -0.2) is 0 Å². The van der Waals surface area contributed by atoms with E-state index in [4.69, 9.17) is 18.0 Å². The second kappa shape index (κ2) is 18.6. The zero-order chi connectivity index (χ0) is 27.6. The molecular weight excluding hydrogens is 472 g/mol. The maximum Gasteiger partial charge on any atom is 0.0845 e. The molecule has 1 rings (SSSR count). The van der Waals surface area contributed by atoms with Crippen LogP contribution in [0.15, 0.2) is 77.7 Å². The summed E-state index contributed by atoms with van der Waals surface area (Å²) in [6.45, 7) is 15.0. The summed E-state index contributed by atoms with van der Waals surface area (Å²) >= 11 is 6.53. The molecule has 0 amide bonds. The number of hydrogen-bond acceptors (Lipinski definition) is 2. The summed E-state index contributed by atoms with van der Waals surface area (Å²) in [5.74, 6) is 3.00. The number of rotatable bonds is 16. The Kier molecular flexibility index (Phi) is 16.3. The Bertz CT molecular complexity index is 986. The van der Waals surface area contributed by atoms with Gasteiger partial charge in [0, 0.05) is 17.6 Å². The minimum Gasteiger partial charge on any atom is -0.372 e. The summed E-state index contributed by atoms with van der Waals surface area (Å²) in [6.07, 6.45) is 25.4. The van der Waals surface area contributed by atoms with Crippen molar-refractivity contribution in [2.45, 2.75) is 98.4 Å². The fourth-order valence-electron chi connectivity index (χ4n) is 4.07. The summed E-state index contributed by atoms with van der Waals surface area (Å²) in [4.78, 5) is 0. The number of hydrogen-bond donors (Lipinski definition) is 2. The molecule has 202 valence electrons. The van der Waals surface area contributed by atoms with Crippen molar-refractivity contribution in [1.82, 2.24) is 5.32 Å². The van der Waals surface area contributed by atoms with Crippen LogP contribution in [0.1, 0.15) is 92.6 Å². The highest BCUT2D eigenvalue weighted by molar-refractivity contribution is 6.22. The smallest absolute Gasteiger partial charge is 0.0845 e. The van der Waals surface area contributed by atoms with Crippen molar-refractivity contribution in [1.29, 1.82) is 0 Å². The van der Waals surface area contributed by atoms with Crippen molar-refractivity contribution in [2.24, 2.45) is 5.92 Å². The minimum atomic E-state index is 0.00417. The summed E-state index contributed by atoms with van der Waals surface area (Å²) in [6, 6.07) is 8.59. The lowest BCUT2D eigenvalue weighted by atomic mass is 9.89. The molecule has 3 heteroatoms. The van der Waals surface area contributed by atoms with E-state index in [1.807, 2.05) is 6.92 Å². The normalized spacial score (nSPS) is 15.9. The molecule has 0 aliphatic carbocycles. The van der Waals surface area contributed by atoms with Crippen molar-refractivity contribution in [3.05, 3.63) is 83.3 Å². The van der Waals surface area contributed by atoms with Gasteiger partial charge in [0.2, 0.25) is 0 Å². The molecule has 0 aromatic heterocycles. The maximum absolute atomic E-state index is 6.53. The molecule has 1 aromatic rings. The lowest BCUT2D eigenvalue weighted by Crippen LogP contribution is -2.11. The molecule has 0 saturated heterocycles. The third-order valence-corrected chi connectivity index (χ3v) is 6.94. The predicted molar refractivity (Wildman–Crippen MR) is 168 cm³/mol. The van der Waals surface area contributed by atoms with Crippen LogP contribution in [-0.4, -0.2) is 11.4 Å². The van der Waals surface area contributed by atoms with Gasteiger partial charge in [0.25, 0.3) is 0 Å². The van der Waals surface area contributed by atoms with E-state index in [0.29, 0.717) is 0 Å². The van der Waals surface area contributed by atoms with E-state index in [0.717, 1.165) is 30.6 Å². The molecule has 0 aliphatic heterocycles. The molecule has 0 heterocycles. The third-order valence-electron chi connectivity index (χ3n) is 6.38. The van der Waals surface area contributed by atoms with Crippen molar-refractivity contribution < 1.29 is 0 Å². The lowest BCUT2D eigenvalue weighted by Gasteiger charge is -2.17. The largest absolute Gasteiger partial charge is 0.372 e. The first-order valence-corrected chi connectivity index (χ1v) is 14.3. The number of halogens is 1. The molecular formula is C34H49ClN2. The Hall–Kier alpha value is -2.63. The van der Waals surface area contributed by atoms with E-state index in [-0.39, 0.29) is 17.3 Å². The standard InChI is InChI=1S/C34H49ClN2/c1-9-12-14-20-33(35)28(6)25-36-30(8)19-16-15-18-27(5)34(26(4)17-13-10-2)31-21-23-32(24-22-31)37-29(7)11-3/h3,13,15,17-19,21-25,27,29,33,36-37H,9-10,12,14,16,20H2,1-2,4-8H3/b17-13-,18-15?,28-25+,30-19+,34-26-. The number of nitrogens with one attached hydrogen (secondary N) is 2. The van der Waals surface area contributed by atoms with Gasteiger partial charge in [-0.2, -0.15) is 0 Å². The first kappa shape index (κ1) is 32.4. The van der Waals surface area contributed by atoms with Gasteiger partial charge in [-0.1, -0.05) is 88.5 Å². The van der Waals surface area contributed by atoms with E-state index in [9.17, 15) is 0 Å². The summed E-state index contributed by atoms with van der Waals surface area (Å²) in [5, 5.41) is 6.84. The molecule has 1 aromatic carbocycles. The van der Waals surface area contributed by atoms with Crippen LogP contribution in [0.2, 0.25) is 0 Å². The van der Waals surface area contributed by atoms with E-state index in [1.54, 1.807) is 0 Å². The quantitative estimate of drug-likeness (QED) is 0.0744. The molecule has 3 unspecified atom stereocenters. The van der Waals surface area contributed by atoms with Crippen LogP contribution in [0.25, 0.3) is 5.57 Å². The number of allylic oxidation sites excluding steroid dienone is 9. The Morgan fingerprint density at radius 3 is 2.38 bits per heavy atom. The van der Waals surface area contributed by atoms with Gasteiger partial charge in [-0.3, -0.25) is 0 Å². The van der Waals surface area contributed by atoms with E-state index < -0.39 is 0 Å². The highest BCUT2D eigenvalue weighted by Gasteiger charge is 2.11. The van der Waals surface area contributed by atoms with Crippen LogP contribution < -0.4 is 10.6 Å². The number of unbranched alkanes of at least 4 members (excludes halogenated alkanes) is 2. The minimum absolute atomic E-state index is 0.00417. The molecule has 0 radical (unpaired) electrons. The van der Waals surface area contributed by atoms with Crippen molar-refractivity contribution in [3.8, 4) is 12.3 Å². The van der Waals surface area contributed by atoms with Crippen LogP contribution in [0.5, 0.6) is 0 Å². The average molecular weight is 521 g/mol. The van der Waals surface area contributed by atoms with Crippen LogP contribution in [0.3, 0.4) is 0 Å². The Morgan fingerprint density at radius 1 is 1.05 bits per heavy atom. The monoisotopic (exact) mass is 520 g/mol. The Balaban J connectivity index is 2.88. The second-order valence-corrected chi connectivity index (χ2v) is 10.4. The fourth-order valence-corrected chi connectivity index (χ4v) is 4.29. The topological polar surface area (TPSA) is 24.1 Å². The van der Waals surface area contributed by atoms with E-state index in [1.165, 1.54) is 41.5 Å². The summed E-state index contributed by atoms with van der Waals surface area (Å²) in [5.41, 5.74) is 7.23. The van der Waals surface area contributed by atoms with Gasteiger partial charge in [0.05, 0.1) is 11.4 Å². The van der Waals surface area contributed by atoms with E-state index in [2.05, 4.69) is 119 Å². The fraction of sp³-hybridized carbons (Fsp3) is 0.471. The number of terminal acetylenes is 1. The summed E-state index contributed by atoms with van der Waals surface area (Å²) < 4.78 is 0. The maximum atomic E-state index is 6.53. The number of anilines is 1. The van der Waals surface area contributed by atoms with Gasteiger partial charge < -0.3 is 10.6 Å². The van der Waals surface area contributed by atoms with Gasteiger partial charge in [0.15, 0.2) is 0 Å². The van der Waals surface area contributed by atoms with Crippen LogP contribution >= 0.6 is 11.6 Å². The SMILES string of the molecule is C#CC(C)Nc1ccc(/C(=C(C)\C=C/CC)C(C)C=CC/C=C(\C)N/C=C(\C)C(Cl)CCCCC)cc1. The van der Waals surface area contributed by atoms with Gasteiger partial charge in [-0.05, 0) is 87.3 Å². The van der Waals surface area contributed by atoms with Crippen LogP contribution in [0.4, 0.5) is 5.69 Å². The number of alkyl halides is 1. The second-order valence-electron chi connectivity index (χ2n) is 9.85. The van der Waals surface area contributed by atoms with E-state index >= 15 is 0 Å². The molecule has 37 heavy (non-hydrogen) atoms. The number of benzene rings is 1. The van der Waals surface area contributed by atoms with Crippen LogP contribution in [-0.2, 0) is 0 Å². The average Bonchev–Trinajstić information content (AvgIpc) is 2.89.